The Morgan fingerprint density at radius 2 is 1.79 bits per heavy atom. The Kier molecular flexibility index (Phi) is 6.73. The van der Waals surface area contributed by atoms with Gasteiger partial charge in [-0.3, -0.25) is 29.4 Å². The van der Waals surface area contributed by atoms with Crippen LogP contribution in [0.1, 0.15) is 28.8 Å². The first kappa shape index (κ1) is 23.2. The number of nitro benzene ring substituents is 1. The van der Waals surface area contributed by atoms with Gasteiger partial charge in [-0.2, -0.15) is 0 Å². The first-order valence-corrected chi connectivity index (χ1v) is 11.2. The number of rotatable bonds is 6. The SMILES string of the molecule is O=C(Oc1ccc(/C=C2\SC(=O)N(CC(=O)N3CCCC3)C2=O)cc1)c1cccc([N+](=O)[O-])c1. The van der Waals surface area contributed by atoms with Crippen molar-refractivity contribution in [2.24, 2.45) is 0 Å². The first-order valence-electron chi connectivity index (χ1n) is 10.4. The summed E-state index contributed by atoms with van der Waals surface area (Å²) in [5.74, 6) is -1.31. The van der Waals surface area contributed by atoms with Crippen molar-refractivity contribution in [1.82, 2.24) is 9.80 Å². The molecule has 3 amide bonds. The number of hydrogen-bond acceptors (Lipinski definition) is 8. The highest BCUT2D eigenvalue weighted by atomic mass is 32.2. The molecule has 2 fully saturated rings. The molecule has 2 aliphatic rings. The first-order chi connectivity index (χ1) is 16.3. The molecule has 0 bridgehead atoms. The highest BCUT2D eigenvalue weighted by Crippen LogP contribution is 2.32. The van der Waals surface area contributed by atoms with Crippen LogP contribution in [0.2, 0.25) is 0 Å². The van der Waals surface area contributed by atoms with Gasteiger partial charge in [0.25, 0.3) is 16.8 Å². The number of ether oxygens (including phenoxy) is 1. The minimum absolute atomic E-state index is 0.0374. The van der Waals surface area contributed by atoms with Gasteiger partial charge in [0.05, 0.1) is 15.4 Å². The fourth-order valence-corrected chi connectivity index (χ4v) is 4.37. The minimum Gasteiger partial charge on any atom is -0.423 e. The van der Waals surface area contributed by atoms with Crippen LogP contribution in [0.25, 0.3) is 6.08 Å². The number of nitro groups is 1. The Balaban J connectivity index is 1.40. The number of hydrogen-bond donors (Lipinski definition) is 0. The molecule has 34 heavy (non-hydrogen) atoms. The normalized spacial score (nSPS) is 16.9. The van der Waals surface area contributed by atoms with Gasteiger partial charge in [-0.25, -0.2) is 4.79 Å². The van der Waals surface area contributed by atoms with Gasteiger partial charge in [0.1, 0.15) is 12.3 Å². The molecular formula is C23H19N3O7S. The van der Waals surface area contributed by atoms with Crippen LogP contribution in [-0.2, 0) is 9.59 Å². The lowest BCUT2D eigenvalue weighted by Gasteiger charge is -2.18. The monoisotopic (exact) mass is 481 g/mol. The second-order valence-corrected chi connectivity index (χ2v) is 8.61. The standard InChI is InChI=1S/C23H19N3O7S/c27-20(24-10-1-2-11-24)14-25-21(28)19(34-23(25)30)12-15-6-8-18(9-7-15)33-22(29)16-4-3-5-17(13-16)26(31)32/h3-9,12-13H,1-2,10-11,14H2/b19-12-. The largest absolute Gasteiger partial charge is 0.423 e. The summed E-state index contributed by atoms with van der Waals surface area (Å²) in [5, 5.41) is 10.4. The van der Waals surface area contributed by atoms with E-state index in [0.29, 0.717) is 18.7 Å². The van der Waals surface area contributed by atoms with Crippen LogP contribution in [0.5, 0.6) is 5.75 Å². The van der Waals surface area contributed by atoms with Crippen LogP contribution in [0.15, 0.2) is 53.4 Å². The van der Waals surface area contributed by atoms with Gasteiger partial charge in [-0.05, 0) is 54.4 Å². The van der Waals surface area contributed by atoms with Gasteiger partial charge in [0.15, 0.2) is 0 Å². The third kappa shape index (κ3) is 5.15. The van der Waals surface area contributed by atoms with E-state index in [1.807, 2.05) is 0 Å². The number of likely N-dealkylation sites (tertiary alicyclic amines) is 1. The number of amides is 3. The predicted molar refractivity (Wildman–Crippen MR) is 123 cm³/mol. The van der Waals surface area contributed by atoms with Gasteiger partial charge in [0, 0.05) is 25.2 Å². The number of esters is 1. The van der Waals surface area contributed by atoms with E-state index in [2.05, 4.69) is 0 Å². The summed E-state index contributed by atoms with van der Waals surface area (Å²) in [6.07, 6.45) is 3.37. The zero-order chi connectivity index (χ0) is 24.2. The van der Waals surface area contributed by atoms with E-state index in [4.69, 9.17) is 4.74 Å². The van der Waals surface area contributed by atoms with E-state index >= 15 is 0 Å². The van der Waals surface area contributed by atoms with Crippen molar-refractivity contribution in [3.8, 4) is 5.75 Å². The molecule has 0 atom stereocenters. The fourth-order valence-electron chi connectivity index (χ4n) is 3.53. The Morgan fingerprint density at radius 3 is 2.47 bits per heavy atom. The third-order valence-corrected chi connectivity index (χ3v) is 6.21. The molecule has 0 aromatic heterocycles. The number of benzene rings is 2. The van der Waals surface area contributed by atoms with Crippen molar-refractivity contribution in [1.29, 1.82) is 0 Å². The Hall–Kier alpha value is -3.99. The molecule has 2 saturated heterocycles. The molecule has 0 spiro atoms. The van der Waals surface area contributed by atoms with E-state index in [-0.39, 0.29) is 34.4 Å². The van der Waals surface area contributed by atoms with E-state index in [1.54, 1.807) is 17.0 Å². The number of non-ortho nitro benzene ring substituents is 1. The number of thioether (sulfide) groups is 1. The van der Waals surface area contributed by atoms with Gasteiger partial charge >= 0.3 is 5.97 Å². The van der Waals surface area contributed by atoms with E-state index < -0.39 is 22.0 Å². The summed E-state index contributed by atoms with van der Waals surface area (Å²) < 4.78 is 5.25. The van der Waals surface area contributed by atoms with Gasteiger partial charge in [-0.1, -0.05) is 18.2 Å². The van der Waals surface area contributed by atoms with E-state index in [0.717, 1.165) is 35.6 Å². The van der Waals surface area contributed by atoms with Crippen LogP contribution < -0.4 is 4.74 Å². The Morgan fingerprint density at radius 1 is 1.09 bits per heavy atom. The Labute approximate surface area is 198 Å². The topological polar surface area (TPSA) is 127 Å². The number of carbonyl (C=O) groups excluding carboxylic acids is 4. The van der Waals surface area contributed by atoms with Crippen molar-refractivity contribution >= 4 is 46.5 Å². The Bertz CT molecular complexity index is 1200. The lowest BCUT2D eigenvalue weighted by Crippen LogP contribution is -2.40. The van der Waals surface area contributed by atoms with Gasteiger partial charge < -0.3 is 9.64 Å². The van der Waals surface area contributed by atoms with Crippen LogP contribution in [0, 0.1) is 10.1 Å². The summed E-state index contributed by atoms with van der Waals surface area (Å²) in [7, 11) is 0. The molecule has 2 aliphatic heterocycles. The molecule has 174 valence electrons. The summed E-state index contributed by atoms with van der Waals surface area (Å²) in [6.45, 7) is 1.01. The average molecular weight is 481 g/mol. The predicted octanol–water partition coefficient (Wildman–Crippen LogP) is 3.47. The molecule has 2 heterocycles. The third-order valence-electron chi connectivity index (χ3n) is 5.31. The molecule has 10 nitrogen and oxygen atoms in total. The summed E-state index contributed by atoms with van der Waals surface area (Å²) in [4.78, 5) is 62.6. The highest BCUT2D eigenvalue weighted by molar-refractivity contribution is 8.18. The van der Waals surface area contributed by atoms with Crippen molar-refractivity contribution in [2.75, 3.05) is 19.6 Å². The maximum atomic E-state index is 12.6. The highest BCUT2D eigenvalue weighted by Gasteiger charge is 2.37. The lowest BCUT2D eigenvalue weighted by atomic mass is 10.2. The number of nitrogens with zero attached hydrogens (tertiary/aromatic N) is 3. The molecule has 4 rings (SSSR count). The van der Waals surface area contributed by atoms with Crippen molar-refractivity contribution in [3.05, 3.63) is 74.7 Å². The number of imide groups is 1. The van der Waals surface area contributed by atoms with Crippen LogP contribution in [0.4, 0.5) is 10.5 Å². The van der Waals surface area contributed by atoms with Crippen molar-refractivity contribution in [3.63, 3.8) is 0 Å². The zero-order valence-electron chi connectivity index (χ0n) is 17.8. The summed E-state index contributed by atoms with van der Waals surface area (Å²) in [5.41, 5.74) is 0.405. The number of carbonyl (C=O) groups is 4. The van der Waals surface area contributed by atoms with Gasteiger partial charge in [0.2, 0.25) is 5.91 Å². The van der Waals surface area contributed by atoms with Crippen molar-refractivity contribution in [2.45, 2.75) is 12.8 Å². The maximum Gasteiger partial charge on any atom is 0.343 e. The minimum atomic E-state index is -0.750. The van der Waals surface area contributed by atoms with Gasteiger partial charge in [-0.15, -0.1) is 0 Å². The van der Waals surface area contributed by atoms with E-state index in [1.165, 1.54) is 36.4 Å². The molecule has 2 aromatic carbocycles. The summed E-state index contributed by atoms with van der Waals surface area (Å²) >= 11 is 0.764. The molecule has 0 aliphatic carbocycles. The molecule has 0 unspecified atom stereocenters. The average Bonchev–Trinajstić information content (AvgIpc) is 3.45. The second-order valence-electron chi connectivity index (χ2n) is 7.62. The summed E-state index contributed by atoms with van der Waals surface area (Å²) in [6, 6.07) is 11.4. The van der Waals surface area contributed by atoms with Crippen LogP contribution in [0.3, 0.4) is 0 Å². The molecule has 0 saturated carbocycles. The molecule has 2 aromatic rings. The van der Waals surface area contributed by atoms with Crippen LogP contribution >= 0.6 is 11.8 Å². The van der Waals surface area contributed by atoms with E-state index in [9.17, 15) is 29.3 Å². The molecule has 0 N–H and O–H groups in total. The lowest BCUT2D eigenvalue weighted by molar-refractivity contribution is -0.384. The molecule has 11 heteroatoms. The maximum absolute atomic E-state index is 12.6. The molecular weight excluding hydrogens is 462 g/mol. The van der Waals surface area contributed by atoms with Crippen molar-refractivity contribution < 1.29 is 28.8 Å². The van der Waals surface area contributed by atoms with Crippen LogP contribution in [-0.4, -0.2) is 57.4 Å². The quantitative estimate of drug-likeness (QED) is 0.202. The smallest absolute Gasteiger partial charge is 0.343 e. The zero-order valence-corrected chi connectivity index (χ0v) is 18.7. The second kappa shape index (κ2) is 9.87. The molecule has 0 radical (unpaired) electrons. The fraction of sp³-hybridized carbons (Fsp3) is 0.217.